The highest BCUT2D eigenvalue weighted by molar-refractivity contribution is 6.35. The van der Waals surface area contributed by atoms with E-state index in [4.69, 9.17) is 0 Å². The summed E-state index contributed by atoms with van der Waals surface area (Å²) in [5.41, 5.74) is 3.29. The van der Waals surface area contributed by atoms with Crippen molar-refractivity contribution in [1.29, 1.82) is 0 Å². The number of carbonyl (C=O) groups excluding carboxylic acids is 2. The van der Waals surface area contributed by atoms with Gasteiger partial charge in [-0.25, -0.2) is 0 Å². The van der Waals surface area contributed by atoms with E-state index in [0.717, 1.165) is 16.7 Å². The lowest BCUT2D eigenvalue weighted by atomic mass is 9.97. The normalized spacial score (nSPS) is 17.3. The summed E-state index contributed by atoms with van der Waals surface area (Å²) in [7, 11) is 0. The minimum absolute atomic E-state index is 0.147. The fraction of sp³-hybridized carbons (Fsp3) is 0.286. The molecule has 5 nitrogen and oxygen atoms in total. The number of piperazine rings is 1. The number of nitrogens with zero attached hydrogens (tertiary/aromatic N) is 2. The Labute approximate surface area is 195 Å². The number of aliphatic hydroxyl groups is 1. The van der Waals surface area contributed by atoms with E-state index in [0.29, 0.717) is 32.4 Å². The minimum Gasteiger partial charge on any atom is -0.394 e. The van der Waals surface area contributed by atoms with Crippen LogP contribution in [0.2, 0.25) is 0 Å². The van der Waals surface area contributed by atoms with Crippen molar-refractivity contribution in [3.8, 4) is 0 Å². The second-order valence-electron chi connectivity index (χ2n) is 8.56. The second kappa shape index (κ2) is 10.9. The Morgan fingerprint density at radius 3 is 1.88 bits per heavy atom. The van der Waals surface area contributed by atoms with E-state index in [1.165, 1.54) is 0 Å². The summed E-state index contributed by atoms with van der Waals surface area (Å²) >= 11 is 0. The molecule has 3 aromatic carbocycles. The first-order valence-electron chi connectivity index (χ1n) is 11.5. The van der Waals surface area contributed by atoms with Crippen molar-refractivity contribution in [3.63, 3.8) is 0 Å². The van der Waals surface area contributed by atoms with Crippen LogP contribution >= 0.6 is 0 Å². The molecule has 1 N–H and O–H groups in total. The lowest BCUT2D eigenvalue weighted by Gasteiger charge is -2.43. The molecule has 0 radical (unpaired) electrons. The highest BCUT2D eigenvalue weighted by Crippen LogP contribution is 2.21. The topological polar surface area (TPSA) is 60.9 Å². The van der Waals surface area contributed by atoms with Gasteiger partial charge in [0.1, 0.15) is 0 Å². The molecule has 0 aromatic heterocycles. The summed E-state index contributed by atoms with van der Waals surface area (Å²) in [6.45, 7) is 0.713. The Morgan fingerprint density at radius 2 is 1.30 bits per heavy atom. The molecule has 1 fully saturated rings. The van der Waals surface area contributed by atoms with Crippen LogP contribution < -0.4 is 0 Å². The second-order valence-corrected chi connectivity index (χ2v) is 8.56. The number of hydrogen-bond acceptors (Lipinski definition) is 3. The maximum atomic E-state index is 13.3. The van der Waals surface area contributed by atoms with Gasteiger partial charge >= 0.3 is 11.8 Å². The van der Waals surface area contributed by atoms with Gasteiger partial charge in [-0.3, -0.25) is 9.59 Å². The van der Waals surface area contributed by atoms with Gasteiger partial charge in [0.2, 0.25) is 0 Å². The SMILES string of the molecule is O=C1C(=O)N([C@H](CO)Cc2ccccc2)C[C@H](Cc2ccccc2)N1CCc1ccccc1. The zero-order valence-electron chi connectivity index (χ0n) is 18.7. The fourth-order valence-electron chi connectivity index (χ4n) is 4.53. The largest absolute Gasteiger partial charge is 0.394 e. The first kappa shape index (κ1) is 22.7. The van der Waals surface area contributed by atoms with Crippen molar-refractivity contribution in [3.05, 3.63) is 108 Å². The maximum absolute atomic E-state index is 13.3. The molecule has 1 aliphatic rings. The van der Waals surface area contributed by atoms with Crippen LogP contribution in [0.25, 0.3) is 0 Å². The highest BCUT2D eigenvalue weighted by atomic mass is 16.3. The van der Waals surface area contributed by atoms with Gasteiger partial charge in [-0.2, -0.15) is 0 Å². The van der Waals surface area contributed by atoms with E-state index in [9.17, 15) is 14.7 Å². The Balaban J connectivity index is 1.56. The lowest BCUT2D eigenvalue weighted by molar-refractivity contribution is -0.161. The van der Waals surface area contributed by atoms with Gasteiger partial charge in [0.15, 0.2) is 0 Å². The van der Waals surface area contributed by atoms with Crippen LogP contribution in [0, 0.1) is 0 Å². The standard InChI is InChI=1S/C28H30N2O3/c31-21-26(19-24-14-8-3-9-15-24)30-20-25(18-23-12-6-2-7-13-23)29(27(32)28(30)33)17-16-22-10-4-1-5-11-22/h1-15,25-26,31H,16-21H2/t25-,26-/m0/s1. The molecule has 3 aromatic rings. The third kappa shape index (κ3) is 5.68. The van der Waals surface area contributed by atoms with Crippen molar-refractivity contribution in [2.75, 3.05) is 19.7 Å². The van der Waals surface area contributed by atoms with Gasteiger partial charge in [0.25, 0.3) is 0 Å². The Kier molecular flexibility index (Phi) is 7.53. The Hall–Kier alpha value is -3.44. The molecule has 1 saturated heterocycles. The third-order valence-corrected chi connectivity index (χ3v) is 6.32. The summed E-state index contributed by atoms with van der Waals surface area (Å²) < 4.78 is 0. The first-order chi connectivity index (χ1) is 16.2. The fourth-order valence-corrected chi connectivity index (χ4v) is 4.53. The number of rotatable bonds is 9. The van der Waals surface area contributed by atoms with Crippen molar-refractivity contribution in [1.82, 2.24) is 9.80 Å². The molecule has 0 unspecified atom stereocenters. The smallest absolute Gasteiger partial charge is 0.312 e. The number of aliphatic hydroxyl groups excluding tert-OH is 1. The summed E-state index contributed by atoms with van der Waals surface area (Å²) in [5, 5.41) is 10.1. The van der Waals surface area contributed by atoms with E-state index >= 15 is 0 Å². The van der Waals surface area contributed by atoms with Gasteiger partial charge in [0, 0.05) is 13.1 Å². The van der Waals surface area contributed by atoms with Crippen molar-refractivity contribution < 1.29 is 14.7 Å². The van der Waals surface area contributed by atoms with E-state index in [2.05, 4.69) is 0 Å². The van der Waals surface area contributed by atoms with Crippen LogP contribution in [0.3, 0.4) is 0 Å². The van der Waals surface area contributed by atoms with E-state index in [-0.39, 0.29) is 12.6 Å². The molecule has 1 aliphatic heterocycles. The van der Waals surface area contributed by atoms with Crippen LogP contribution in [0.5, 0.6) is 0 Å². The molecule has 170 valence electrons. The highest BCUT2D eigenvalue weighted by Gasteiger charge is 2.41. The van der Waals surface area contributed by atoms with Gasteiger partial charge in [-0.15, -0.1) is 0 Å². The Morgan fingerprint density at radius 1 is 0.758 bits per heavy atom. The van der Waals surface area contributed by atoms with Gasteiger partial charge < -0.3 is 14.9 Å². The molecule has 0 saturated carbocycles. The van der Waals surface area contributed by atoms with Crippen molar-refractivity contribution >= 4 is 11.8 Å². The van der Waals surface area contributed by atoms with Crippen molar-refractivity contribution in [2.45, 2.75) is 31.3 Å². The number of benzene rings is 3. The zero-order chi connectivity index (χ0) is 23.0. The average Bonchev–Trinajstić information content (AvgIpc) is 2.86. The van der Waals surface area contributed by atoms with Gasteiger partial charge in [-0.05, 0) is 36.0 Å². The molecule has 33 heavy (non-hydrogen) atoms. The van der Waals surface area contributed by atoms with E-state index < -0.39 is 17.9 Å². The molecule has 0 aliphatic carbocycles. The molecule has 0 bridgehead atoms. The first-order valence-corrected chi connectivity index (χ1v) is 11.5. The Bertz CT molecular complexity index is 1040. The average molecular weight is 443 g/mol. The molecular weight excluding hydrogens is 412 g/mol. The predicted molar refractivity (Wildman–Crippen MR) is 129 cm³/mol. The van der Waals surface area contributed by atoms with Crippen LogP contribution in [-0.2, 0) is 28.9 Å². The van der Waals surface area contributed by atoms with Crippen molar-refractivity contribution in [2.24, 2.45) is 0 Å². The van der Waals surface area contributed by atoms with Crippen LogP contribution in [0.4, 0.5) is 0 Å². The zero-order valence-corrected chi connectivity index (χ0v) is 18.7. The maximum Gasteiger partial charge on any atom is 0.312 e. The predicted octanol–water partition coefficient (Wildman–Crippen LogP) is 3.11. The molecular formula is C28H30N2O3. The van der Waals surface area contributed by atoms with Crippen LogP contribution in [0.15, 0.2) is 91.0 Å². The summed E-state index contributed by atoms with van der Waals surface area (Å²) in [4.78, 5) is 29.8. The molecule has 2 atom stereocenters. The molecule has 2 amide bonds. The van der Waals surface area contributed by atoms with Crippen LogP contribution in [0.1, 0.15) is 16.7 Å². The summed E-state index contributed by atoms with van der Waals surface area (Å²) in [6.07, 6.45) is 1.87. The molecule has 0 spiro atoms. The molecule has 5 heteroatoms. The number of hydrogen-bond donors (Lipinski definition) is 1. The van der Waals surface area contributed by atoms with E-state index in [1.54, 1.807) is 9.80 Å². The van der Waals surface area contributed by atoms with Gasteiger partial charge in [-0.1, -0.05) is 91.0 Å². The quantitative estimate of drug-likeness (QED) is 0.518. The third-order valence-electron chi connectivity index (χ3n) is 6.32. The van der Waals surface area contributed by atoms with E-state index in [1.807, 2.05) is 91.0 Å². The van der Waals surface area contributed by atoms with Crippen LogP contribution in [-0.4, -0.2) is 58.5 Å². The van der Waals surface area contributed by atoms with Gasteiger partial charge in [0.05, 0.1) is 18.7 Å². The number of amides is 2. The number of carbonyl (C=O) groups is 2. The summed E-state index contributed by atoms with van der Waals surface area (Å²) in [6, 6.07) is 29.3. The lowest BCUT2D eigenvalue weighted by Crippen LogP contribution is -2.63. The molecule has 4 rings (SSSR count). The minimum atomic E-state index is -0.526. The molecule has 1 heterocycles. The monoisotopic (exact) mass is 442 g/mol. The summed E-state index contributed by atoms with van der Waals surface area (Å²) in [5.74, 6) is -1.01.